The molecule has 14 nitrogen and oxygen atoms in total. The molecule has 0 radical (unpaired) electrons. The Bertz CT molecular complexity index is 3090. The highest BCUT2D eigenvalue weighted by Gasteiger charge is 2.25. The molecule has 360 valence electrons. The first kappa shape index (κ1) is 50.1. The lowest BCUT2D eigenvalue weighted by Gasteiger charge is -2.22. The van der Waals surface area contributed by atoms with Crippen molar-refractivity contribution < 1.29 is 38.2 Å². The number of nitrogens with zero attached hydrogens (tertiary/aromatic N) is 2. The van der Waals surface area contributed by atoms with Crippen molar-refractivity contribution in [1.82, 2.24) is 15.3 Å². The molecule has 8 aromatic rings. The fourth-order valence-corrected chi connectivity index (χ4v) is 7.34. The van der Waals surface area contributed by atoms with Crippen LogP contribution < -0.4 is 31.2 Å². The number of hydrogen-bond acceptors (Lipinski definition) is 11. The number of ether oxygens (including phenoxy) is 3. The molecule has 14 heteroatoms. The van der Waals surface area contributed by atoms with Gasteiger partial charge in [-0.3, -0.25) is 29.1 Å². The molecular weight excluding hydrogens is 897 g/mol. The lowest BCUT2D eigenvalue weighted by atomic mass is 9.97. The van der Waals surface area contributed by atoms with E-state index in [4.69, 9.17) is 19.9 Å². The number of benzene rings is 6. The van der Waals surface area contributed by atoms with E-state index in [0.29, 0.717) is 39.6 Å². The summed E-state index contributed by atoms with van der Waals surface area (Å²) in [5, 5.41) is 12.5. The topological polar surface area (TPSA) is 201 Å². The van der Waals surface area contributed by atoms with E-state index in [9.17, 15) is 24.0 Å². The average Bonchev–Trinajstić information content (AvgIpc) is 3.38. The van der Waals surface area contributed by atoms with Crippen LogP contribution in [0.15, 0.2) is 183 Å². The number of carbonyl (C=O) groups is 5. The number of fused-ring (bicyclic) bond motifs is 2. The summed E-state index contributed by atoms with van der Waals surface area (Å²) in [4.78, 5) is 71.3. The van der Waals surface area contributed by atoms with E-state index in [1.807, 2.05) is 66.7 Å². The summed E-state index contributed by atoms with van der Waals surface area (Å²) < 4.78 is 16.6. The lowest BCUT2D eigenvalue weighted by molar-refractivity contribution is -0.118. The molecule has 0 aliphatic carbocycles. The van der Waals surface area contributed by atoms with Crippen molar-refractivity contribution in [3.63, 3.8) is 0 Å². The molecule has 71 heavy (non-hydrogen) atoms. The SMILES string of the molecule is CC(C)(C)OC(=O)NCC(C(=O)Nc1ccc2cnccc2c1)c1ccc(OCC(=O)c2ccccc2)cc1.NCC(C(=O)Nc1ccc2cnccc2c1)c1ccc(OCC(=O)c2ccccc2)cc1. The van der Waals surface area contributed by atoms with Gasteiger partial charge >= 0.3 is 6.09 Å². The smallest absolute Gasteiger partial charge is 0.407 e. The van der Waals surface area contributed by atoms with Gasteiger partial charge in [-0.1, -0.05) is 97.1 Å². The molecule has 2 aromatic heterocycles. The van der Waals surface area contributed by atoms with Crippen molar-refractivity contribution in [2.45, 2.75) is 38.2 Å². The molecule has 2 heterocycles. The van der Waals surface area contributed by atoms with Crippen LogP contribution in [-0.4, -0.2) is 71.3 Å². The molecule has 6 aromatic carbocycles. The normalized spacial score (nSPS) is 11.8. The minimum Gasteiger partial charge on any atom is -0.485 e. The Morgan fingerprint density at radius 1 is 0.535 bits per heavy atom. The zero-order valence-electron chi connectivity index (χ0n) is 39.5. The zero-order chi connectivity index (χ0) is 50.2. The highest BCUT2D eigenvalue weighted by Crippen LogP contribution is 2.26. The zero-order valence-corrected chi connectivity index (χ0v) is 39.5. The molecule has 3 amide bonds. The summed E-state index contributed by atoms with van der Waals surface area (Å²) >= 11 is 0. The molecule has 0 saturated heterocycles. The molecule has 0 aliphatic heterocycles. The van der Waals surface area contributed by atoms with E-state index in [1.54, 1.807) is 137 Å². The van der Waals surface area contributed by atoms with Gasteiger partial charge in [0, 0.05) is 71.2 Å². The number of carbonyl (C=O) groups excluding carboxylic acids is 5. The van der Waals surface area contributed by atoms with Crippen LogP contribution in [0, 0.1) is 0 Å². The standard InChI is InChI=1S/C31H31N3O5.C26H23N3O3/c1-31(2,3)39-30(37)33-19-27(29(36)34-25-12-9-24-18-32-16-15-23(24)17-25)21-10-13-26(14-11-21)38-20-28(35)22-7-5-4-6-8-22;27-15-24(26(31)29-22-9-6-21-16-28-13-12-20(21)14-22)18-7-10-23(11-8-18)32-17-25(30)19-4-2-1-3-5-19/h4-18,27H,19-20H2,1-3H3,(H,33,37)(H,34,36);1-14,16,24H,15,17,27H2,(H,29,31). The van der Waals surface area contributed by atoms with Gasteiger partial charge in [0.15, 0.2) is 24.8 Å². The number of rotatable bonds is 17. The number of pyridine rings is 2. The molecule has 2 atom stereocenters. The Balaban J connectivity index is 0.000000213. The molecule has 2 unspecified atom stereocenters. The molecule has 0 bridgehead atoms. The van der Waals surface area contributed by atoms with E-state index in [1.165, 1.54) is 0 Å². The van der Waals surface area contributed by atoms with Crippen LogP contribution in [0.1, 0.15) is 64.4 Å². The van der Waals surface area contributed by atoms with E-state index < -0.39 is 23.5 Å². The Kier molecular flexibility index (Phi) is 16.9. The second-order valence-electron chi connectivity index (χ2n) is 17.4. The second kappa shape index (κ2) is 24.0. The van der Waals surface area contributed by atoms with Gasteiger partial charge in [0.05, 0.1) is 11.8 Å². The third-order valence-corrected chi connectivity index (χ3v) is 11.0. The van der Waals surface area contributed by atoms with Crippen molar-refractivity contribution in [2.24, 2.45) is 5.73 Å². The van der Waals surface area contributed by atoms with E-state index in [-0.39, 0.29) is 49.7 Å². The van der Waals surface area contributed by atoms with Crippen molar-refractivity contribution in [3.8, 4) is 11.5 Å². The number of alkyl carbamates (subject to hydrolysis) is 1. The van der Waals surface area contributed by atoms with Crippen LogP contribution in [0.5, 0.6) is 11.5 Å². The maximum Gasteiger partial charge on any atom is 0.407 e. The number of Topliss-reactive ketones (excluding diaryl/α,β-unsaturated/α-hetero) is 2. The van der Waals surface area contributed by atoms with Crippen molar-refractivity contribution in [3.05, 3.63) is 205 Å². The molecule has 8 rings (SSSR count). The van der Waals surface area contributed by atoms with Crippen LogP contribution in [0.3, 0.4) is 0 Å². The van der Waals surface area contributed by atoms with Gasteiger partial charge < -0.3 is 35.9 Å². The monoisotopic (exact) mass is 950 g/mol. The van der Waals surface area contributed by atoms with Crippen molar-refractivity contribution in [2.75, 3.05) is 36.9 Å². The quantitative estimate of drug-likeness (QED) is 0.0633. The maximum atomic E-state index is 13.4. The summed E-state index contributed by atoms with van der Waals surface area (Å²) in [7, 11) is 0. The van der Waals surface area contributed by atoms with Gasteiger partial charge in [0.2, 0.25) is 11.8 Å². The van der Waals surface area contributed by atoms with E-state index in [0.717, 1.165) is 27.1 Å². The number of hydrogen-bond donors (Lipinski definition) is 4. The number of amides is 3. The summed E-state index contributed by atoms with van der Waals surface area (Å²) in [5.41, 5.74) is 9.18. The largest absolute Gasteiger partial charge is 0.485 e. The number of aromatic nitrogens is 2. The van der Waals surface area contributed by atoms with Crippen LogP contribution >= 0.6 is 0 Å². The molecular formula is C57H54N6O8. The Morgan fingerprint density at radius 2 is 0.972 bits per heavy atom. The highest BCUT2D eigenvalue weighted by atomic mass is 16.6. The number of anilines is 2. The van der Waals surface area contributed by atoms with Gasteiger partial charge in [-0.15, -0.1) is 0 Å². The predicted octanol–water partition coefficient (Wildman–Crippen LogP) is 9.92. The van der Waals surface area contributed by atoms with Gasteiger partial charge in [0.25, 0.3) is 0 Å². The van der Waals surface area contributed by atoms with Crippen LogP contribution in [-0.2, 0) is 14.3 Å². The summed E-state index contributed by atoms with van der Waals surface area (Å²) in [6.07, 6.45) is 6.33. The fraction of sp³-hybridized carbons (Fsp3) is 0.175. The third-order valence-electron chi connectivity index (χ3n) is 11.0. The maximum absolute atomic E-state index is 13.4. The third kappa shape index (κ3) is 14.6. The molecule has 0 fully saturated rings. The van der Waals surface area contributed by atoms with Crippen molar-refractivity contribution in [1.29, 1.82) is 0 Å². The van der Waals surface area contributed by atoms with Gasteiger partial charge in [0.1, 0.15) is 17.1 Å². The van der Waals surface area contributed by atoms with Crippen LogP contribution in [0.4, 0.5) is 16.2 Å². The Morgan fingerprint density at radius 3 is 1.41 bits per heavy atom. The first-order chi connectivity index (χ1) is 34.3. The predicted molar refractivity (Wildman–Crippen MR) is 275 cm³/mol. The first-order valence-electron chi connectivity index (χ1n) is 22.9. The number of nitrogens with two attached hydrogens (primary N) is 1. The minimum atomic E-state index is -0.717. The summed E-state index contributed by atoms with van der Waals surface area (Å²) in [6, 6.07) is 46.9. The second-order valence-corrected chi connectivity index (χ2v) is 17.4. The first-order valence-corrected chi connectivity index (χ1v) is 22.9. The van der Waals surface area contributed by atoms with Crippen molar-refractivity contribution >= 4 is 62.4 Å². The van der Waals surface area contributed by atoms with Crippen LogP contribution in [0.2, 0.25) is 0 Å². The van der Waals surface area contributed by atoms with Gasteiger partial charge in [-0.25, -0.2) is 4.79 Å². The summed E-state index contributed by atoms with van der Waals surface area (Å²) in [6.45, 7) is 5.33. The molecule has 0 spiro atoms. The molecule has 5 N–H and O–H groups in total. The minimum absolute atomic E-state index is 0.0188. The fourth-order valence-electron chi connectivity index (χ4n) is 7.34. The van der Waals surface area contributed by atoms with E-state index >= 15 is 0 Å². The average molecular weight is 951 g/mol. The molecule has 0 aliphatic rings. The van der Waals surface area contributed by atoms with Gasteiger partial charge in [-0.2, -0.15) is 0 Å². The number of ketones is 2. The lowest BCUT2D eigenvalue weighted by Crippen LogP contribution is -2.37. The summed E-state index contributed by atoms with van der Waals surface area (Å²) in [5.74, 6) is -0.900. The highest BCUT2D eigenvalue weighted by molar-refractivity contribution is 6.00. The van der Waals surface area contributed by atoms with Gasteiger partial charge in [-0.05, 0) is 103 Å². The Labute approximate surface area is 411 Å². The molecule has 0 saturated carbocycles. The van der Waals surface area contributed by atoms with E-state index in [2.05, 4.69) is 25.9 Å². The Hall–Kier alpha value is -8.75. The number of nitrogens with one attached hydrogen (secondary N) is 3. The van der Waals surface area contributed by atoms with Crippen LogP contribution in [0.25, 0.3) is 21.5 Å².